The molecule has 4 bridgehead atoms. The number of ether oxygens (including phenoxy) is 1. The predicted molar refractivity (Wildman–Crippen MR) is 74.6 cm³/mol. The molecule has 4 rings (SSSR count). The molecule has 4 aliphatic rings. The highest BCUT2D eigenvalue weighted by molar-refractivity contribution is 5.83. The maximum Gasteiger partial charge on any atom is 0.306 e. The standard InChI is InChI=1S/C16H25NO3/c1-2-3-4-13(18)20-14-12-6-10-5-11(7-12)9-16(14,8-10)15(17)19/h10-12,14H,2-9H2,1H3,(H2,17,19). The lowest BCUT2D eigenvalue weighted by Crippen LogP contribution is -2.62. The minimum Gasteiger partial charge on any atom is -0.461 e. The van der Waals surface area contributed by atoms with Gasteiger partial charge >= 0.3 is 5.97 Å². The van der Waals surface area contributed by atoms with E-state index in [4.69, 9.17) is 10.5 Å². The molecule has 0 aromatic heterocycles. The third kappa shape index (κ3) is 2.13. The summed E-state index contributed by atoms with van der Waals surface area (Å²) < 4.78 is 5.75. The summed E-state index contributed by atoms with van der Waals surface area (Å²) >= 11 is 0. The smallest absolute Gasteiger partial charge is 0.306 e. The third-order valence-electron chi connectivity index (χ3n) is 5.70. The van der Waals surface area contributed by atoms with Crippen molar-refractivity contribution in [3.05, 3.63) is 0 Å². The number of hydrogen-bond acceptors (Lipinski definition) is 3. The molecule has 2 N–H and O–H groups in total. The Bertz CT molecular complexity index is 406. The molecule has 4 saturated carbocycles. The first-order valence-corrected chi connectivity index (χ1v) is 8.04. The van der Waals surface area contributed by atoms with E-state index in [0.29, 0.717) is 24.2 Å². The second-order valence-electron chi connectivity index (χ2n) is 7.14. The van der Waals surface area contributed by atoms with Gasteiger partial charge in [-0.15, -0.1) is 0 Å². The predicted octanol–water partition coefficient (Wildman–Crippen LogP) is 2.40. The SMILES string of the molecule is CCCCC(=O)OC1C2CC3CC(C2)CC1(C(N)=O)C3. The topological polar surface area (TPSA) is 69.4 Å². The number of esters is 1. The highest BCUT2D eigenvalue weighted by Gasteiger charge is 2.61. The van der Waals surface area contributed by atoms with Crippen LogP contribution in [0.5, 0.6) is 0 Å². The van der Waals surface area contributed by atoms with Gasteiger partial charge in [-0.2, -0.15) is 0 Å². The van der Waals surface area contributed by atoms with Crippen LogP contribution < -0.4 is 5.73 Å². The van der Waals surface area contributed by atoms with Crippen LogP contribution in [-0.2, 0) is 14.3 Å². The first-order chi connectivity index (χ1) is 9.55. The molecule has 0 saturated heterocycles. The molecule has 3 unspecified atom stereocenters. The summed E-state index contributed by atoms with van der Waals surface area (Å²) in [5.41, 5.74) is 5.17. The van der Waals surface area contributed by atoms with Crippen molar-refractivity contribution in [3.8, 4) is 0 Å². The van der Waals surface area contributed by atoms with Crippen molar-refractivity contribution in [1.29, 1.82) is 0 Å². The van der Waals surface area contributed by atoms with Crippen molar-refractivity contribution in [2.45, 2.75) is 64.4 Å². The fraction of sp³-hybridized carbons (Fsp3) is 0.875. The van der Waals surface area contributed by atoms with Crippen LogP contribution in [-0.4, -0.2) is 18.0 Å². The summed E-state index contributed by atoms with van der Waals surface area (Å²) in [6.07, 6.45) is 7.16. The van der Waals surface area contributed by atoms with Gasteiger partial charge in [0.2, 0.25) is 5.91 Å². The molecular weight excluding hydrogens is 254 g/mol. The quantitative estimate of drug-likeness (QED) is 0.786. The van der Waals surface area contributed by atoms with Gasteiger partial charge in [0.25, 0.3) is 0 Å². The van der Waals surface area contributed by atoms with Gasteiger partial charge in [-0.25, -0.2) is 0 Å². The van der Waals surface area contributed by atoms with Crippen molar-refractivity contribution in [2.75, 3.05) is 0 Å². The number of rotatable bonds is 5. The van der Waals surface area contributed by atoms with Gasteiger partial charge in [0.05, 0.1) is 5.41 Å². The van der Waals surface area contributed by atoms with Crippen molar-refractivity contribution in [3.63, 3.8) is 0 Å². The first kappa shape index (κ1) is 13.9. The zero-order valence-electron chi connectivity index (χ0n) is 12.3. The molecule has 0 aromatic rings. The molecule has 0 aromatic carbocycles. The molecule has 20 heavy (non-hydrogen) atoms. The normalized spacial score (nSPS) is 41.6. The van der Waals surface area contributed by atoms with E-state index in [0.717, 1.165) is 38.5 Å². The molecule has 4 nitrogen and oxygen atoms in total. The Labute approximate surface area is 120 Å². The minimum absolute atomic E-state index is 0.148. The monoisotopic (exact) mass is 279 g/mol. The highest BCUT2D eigenvalue weighted by atomic mass is 16.5. The number of primary amides is 1. The van der Waals surface area contributed by atoms with E-state index in [9.17, 15) is 9.59 Å². The van der Waals surface area contributed by atoms with Crippen LogP contribution in [0.3, 0.4) is 0 Å². The molecule has 1 amide bonds. The zero-order chi connectivity index (χ0) is 14.3. The summed E-state index contributed by atoms with van der Waals surface area (Å²) in [7, 11) is 0. The number of hydrogen-bond donors (Lipinski definition) is 1. The van der Waals surface area contributed by atoms with Crippen LogP contribution in [0.2, 0.25) is 0 Å². The molecule has 4 aliphatic carbocycles. The van der Waals surface area contributed by atoms with Crippen molar-refractivity contribution in [1.82, 2.24) is 0 Å². The Hall–Kier alpha value is -1.06. The van der Waals surface area contributed by atoms with Gasteiger partial charge < -0.3 is 10.5 Å². The lowest BCUT2D eigenvalue weighted by atomic mass is 9.48. The van der Waals surface area contributed by atoms with Gasteiger partial charge in [0.1, 0.15) is 6.10 Å². The zero-order valence-corrected chi connectivity index (χ0v) is 12.3. The van der Waals surface area contributed by atoms with Crippen LogP contribution in [0.4, 0.5) is 0 Å². The number of carbonyl (C=O) groups is 2. The van der Waals surface area contributed by atoms with Crippen LogP contribution in [0.15, 0.2) is 0 Å². The van der Waals surface area contributed by atoms with Crippen molar-refractivity contribution in [2.24, 2.45) is 28.9 Å². The van der Waals surface area contributed by atoms with Gasteiger partial charge in [-0.1, -0.05) is 13.3 Å². The molecule has 4 heteroatoms. The maximum atomic E-state index is 12.1. The molecule has 0 spiro atoms. The largest absolute Gasteiger partial charge is 0.461 e. The maximum absolute atomic E-state index is 12.1. The molecule has 3 atom stereocenters. The van der Waals surface area contributed by atoms with Gasteiger partial charge in [0, 0.05) is 6.42 Å². The van der Waals surface area contributed by atoms with Gasteiger partial charge in [-0.3, -0.25) is 9.59 Å². The highest BCUT2D eigenvalue weighted by Crippen LogP contribution is 2.60. The molecule has 0 heterocycles. The first-order valence-electron chi connectivity index (χ1n) is 8.04. The Morgan fingerprint density at radius 1 is 1.20 bits per heavy atom. The van der Waals surface area contributed by atoms with E-state index in [2.05, 4.69) is 6.92 Å². The van der Waals surface area contributed by atoms with Crippen LogP contribution in [0, 0.1) is 23.2 Å². The molecule has 0 radical (unpaired) electrons. The Morgan fingerprint density at radius 3 is 2.40 bits per heavy atom. The number of unbranched alkanes of at least 4 members (excludes halogenated alkanes) is 1. The fourth-order valence-electron chi connectivity index (χ4n) is 5.07. The van der Waals surface area contributed by atoms with Gasteiger partial charge in [0.15, 0.2) is 0 Å². The van der Waals surface area contributed by atoms with E-state index in [1.807, 2.05) is 0 Å². The number of amides is 1. The second-order valence-corrected chi connectivity index (χ2v) is 7.14. The summed E-state index contributed by atoms with van der Waals surface area (Å²) in [6, 6.07) is 0. The lowest BCUT2D eigenvalue weighted by molar-refractivity contribution is -0.195. The van der Waals surface area contributed by atoms with Crippen LogP contribution in [0.25, 0.3) is 0 Å². The van der Waals surface area contributed by atoms with Crippen molar-refractivity contribution >= 4 is 11.9 Å². The molecule has 112 valence electrons. The van der Waals surface area contributed by atoms with E-state index < -0.39 is 5.41 Å². The van der Waals surface area contributed by atoms with E-state index in [1.54, 1.807) is 0 Å². The summed E-state index contributed by atoms with van der Waals surface area (Å²) in [5.74, 6) is 1.20. The van der Waals surface area contributed by atoms with Crippen molar-refractivity contribution < 1.29 is 14.3 Å². The minimum atomic E-state index is -0.559. The summed E-state index contributed by atoms with van der Waals surface area (Å²) in [5, 5.41) is 0. The molecule has 0 aliphatic heterocycles. The average Bonchev–Trinajstić information content (AvgIpc) is 2.39. The number of carbonyl (C=O) groups excluding carboxylic acids is 2. The Kier molecular flexibility index (Phi) is 3.51. The second kappa shape index (κ2) is 5.05. The van der Waals surface area contributed by atoms with Crippen LogP contribution >= 0.6 is 0 Å². The summed E-state index contributed by atoms with van der Waals surface area (Å²) in [6.45, 7) is 2.06. The average molecular weight is 279 g/mol. The van der Waals surface area contributed by atoms with E-state index in [-0.39, 0.29) is 18.0 Å². The fourth-order valence-corrected chi connectivity index (χ4v) is 5.07. The Morgan fingerprint density at radius 2 is 1.85 bits per heavy atom. The number of nitrogens with two attached hydrogens (primary N) is 1. The molecular formula is C16H25NO3. The van der Waals surface area contributed by atoms with E-state index in [1.165, 1.54) is 6.42 Å². The van der Waals surface area contributed by atoms with Gasteiger partial charge in [-0.05, 0) is 56.3 Å². The molecule has 4 fully saturated rings. The van der Waals surface area contributed by atoms with Crippen LogP contribution in [0.1, 0.15) is 58.3 Å². The Balaban J connectivity index is 1.78. The third-order valence-corrected chi connectivity index (χ3v) is 5.70. The summed E-state index contributed by atoms with van der Waals surface area (Å²) in [4.78, 5) is 24.1. The lowest BCUT2D eigenvalue weighted by Gasteiger charge is -2.58. The van der Waals surface area contributed by atoms with E-state index >= 15 is 0 Å².